The van der Waals surface area contributed by atoms with E-state index < -0.39 is 12.1 Å². The number of carbonyl (C=O) groups is 2. The van der Waals surface area contributed by atoms with Crippen molar-refractivity contribution < 1.29 is 19.1 Å². The topological polar surface area (TPSA) is 52.6 Å². The average molecular weight is 377 g/mol. The molecule has 0 heterocycles. The first kappa shape index (κ1) is 17.2. The molecule has 0 bridgehead atoms. The van der Waals surface area contributed by atoms with Crippen molar-refractivity contribution in [2.24, 2.45) is 0 Å². The van der Waals surface area contributed by atoms with Crippen LogP contribution in [-0.4, -0.2) is 25.0 Å². The zero-order valence-corrected chi connectivity index (χ0v) is 14.7. The maximum absolute atomic E-state index is 12.3. The van der Waals surface area contributed by atoms with Crippen LogP contribution < -0.4 is 4.74 Å². The smallest absolute Gasteiger partial charge is 0.342 e. The summed E-state index contributed by atoms with van der Waals surface area (Å²) < 4.78 is 11.3. The minimum Gasteiger partial charge on any atom is -0.496 e. The van der Waals surface area contributed by atoms with Crippen LogP contribution in [0, 0.1) is 6.92 Å². The number of Topliss-reactive ketones (excluding diaryl/α,β-unsaturated/α-hetero) is 1. The van der Waals surface area contributed by atoms with Gasteiger partial charge in [-0.15, -0.1) is 0 Å². The molecule has 0 saturated carbocycles. The predicted molar refractivity (Wildman–Crippen MR) is 91.1 cm³/mol. The van der Waals surface area contributed by atoms with Gasteiger partial charge in [-0.25, -0.2) is 4.79 Å². The summed E-state index contributed by atoms with van der Waals surface area (Å²) >= 11 is 3.31. The number of hydrogen-bond donors (Lipinski definition) is 0. The Balaban J connectivity index is 2.15. The molecule has 0 aliphatic carbocycles. The number of carbonyl (C=O) groups excluding carboxylic acids is 2. The summed E-state index contributed by atoms with van der Waals surface area (Å²) in [5.41, 5.74) is 1.71. The molecule has 1 atom stereocenters. The Morgan fingerprint density at radius 3 is 2.35 bits per heavy atom. The summed E-state index contributed by atoms with van der Waals surface area (Å²) in [7, 11) is 1.48. The molecule has 0 aromatic heterocycles. The van der Waals surface area contributed by atoms with Crippen molar-refractivity contribution in [1.29, 1.82) is 0 Å². The van der Waals surface area contributed by atoms with Crippen LogP contribution in [0.4, 0.5) is 0 Å². The van der Waals surface area contributed by atoms with Gasteiger partial charge in [0.2, 0.25) is 5.78 Å². The lowest BCUT2D eigenvalue weighted by Crippen LogP contribution is -2.24. The van der Waals surface area contributed by atoms with Gasteiger partial charge >= 0.3 is 5.97 Å². The third-order valence-electron chi connectivity index (χ3n) is 3.36. The Bertz CT molecular complexity index is 722. The fourth-order valence-electron chi connectivity index (χ4n) is 2.11. The van der Waals surface area contributed by atoms with Gasteiger partial charge in [-0.1, -0.05) is 39.7 Å². The quantitative estimate of drug-likeness (QED) is 0.579. The Morgan fingerprint density at radius 1 is 1.09 bits per heavy atom. The molecule has 120 valence electrons. The molecule has 0 spiro atoms. The molecule has 2 aromatic rings. The van der Waals surface area contributed by atoms with Crippen molar-refractivity contribution in [1.82, 2.24) is 0 Å². The number of rotatable bonds is 5. The molecule has 0 saturated heterocycles. The Kier molecular flexibility index (Phi) is 5.55. The van der Waals surface area contributed by atoms with Gasteiger partial charge in [0.25, 0.3) is 0 Å². The Labute approximate surface area is 143 Å². The molecule has 23 heavy (non-hydrogen) atoms. The molecule has 0 amide bonds. The maximum atomic E-state index is 12.3. The van der Waals surface area contributed by atoms with Crippen LogP contribution in [0.3, 0.4) is 0 Å². The lowest BCUT2D eigenvalue weighted by molar-refractivity contribution is 0.0316. The summed E-state index contributed by atoms with van der Waals surface area (Å²) in [5.74, 6) is -0.412. The molecule has 0 radical (unpaired) electrons. The maximum Gasteiger partial charge on any atom is 0.342 e. The Morgan fingerprint density at radius 2 is 1.74 bits per heavy atom. The predicted octanol–water partition coefficient (Wildman–Crippen LogP) is 4.19. The van der Waals surface area contributed by atoms with Gasteiger partial charge in [0, 0.05) is 10.0 Å². The monoisotopic (exact) mass is 376 g/mol. The van der Waals surface area contributed by atoms with Crippen LogP contribution in [0.2, 0.25) is 0 Å². The van der Waals surface area contributed by atoms with Crippen molar-refractivity contribution >= 4 is 27.7 Å². The summed E-state index contributed by atoms with van der Waals surface area (Å²) in [5, 5.41) is 0. The molecule has 0 N–H and O–H groups in total. The molecule has 2 rings (SSSR count). The van der Waals surface area contributed by atoms with E-state index in [0.717, 1.165) is 10.0 Å². The Hall–Kier alpha value is -2.14. The molecule has 4 nitrogen and oxygen atoms in total. The molecule has 5 heteroatoms. The van der Waals surface area contributed by atoms with Crippen LogP contribution in [-0.2, 0) is 4.74 Å². The summed E-state index contributed by atoms with van der Waals surface area (Å²) in [6, 6.07) is 12.1. The van der Waals surface area contributed by atoms with Crippen molar-refractivity contribution in [3.05, 3.63) is 63.6 Å². The summed E-state index contributed by atoms with van der Waals surface area (Å²) in [4.78, 5) is 24.6. The number of ether oxygens (including phenoxy) is 2. The van der Waals surface area contributed by atoms with E-state index in [2.05, 4.69) is 15.9 Å². The largest absolute Gasteiger partial charge is 0.496 e. The van der Waals surface area contributed by atoms with Crippen LogP contribution in [0.1, 0.15) is 33.2 Å². The van der Waals surface area contributed by atoms with E-state index in [0.29, 0.717) is 16.9 Å². The van der Waals surface area contributed by atoms with E-state index in [1.165, 1.54) is 7.11 Å². The van der Waals surface area contributed by atoms with Crippen LogP contribution in [0.25, 0.3) is 0 Å². The highest BCUT2D eigenvalue weighted by molar-refractivity contribution is 9.10. The van der Waals surface area contributed by atoms with Gasteiger partial charge < -0.3 is 9.47 Å². The number of esters is 1. The van der Waals surface area contributed by atoms with Crippen LogP contribution >= 0.6 is 15.9 Å². The fourth-order valence-corrected chi connectivity index (χ4v) is 2.37. The number of halogens is 1. The molecule has 0 unspecified atom stereocenters. The number of ketones is 1. The highest BCUT2D eigenvalue weighted by Crippen LogP contribution is 2.21. The van der Waals surface area contributed by atoms with Gasteiger partial charge in [0.05, 0.1) is 7.11 Å². The second kappa shape index (κ2) is 7.42. The lowest BCUT2D eigenvalue weighted by atomic mass is 10.1. The summed E-state index contributed by atoms with van der Waals surface area (Å²) in [6.07, 6.45) is -0.881. The number of hydrogen-bond acceptors (Lipinski definition) is 4. The summed E-state index contributed by atoms with van der Waals surface area (Å²) in [6.45, 7) is 3.43. The molecule has 0 fully saturated rings. The minimum atomic E-state index is -0.881. The van der Waals surface area contributed by atoms with E-state index in [1.807, 2.05) is 13.0 Å². The van der Waals surface area contributed by atoms with Crippen LogP contribution in [0.5, 0.6) is 5.75 Å². The average Bonchev–Trinajstić information content (AvgIpc) is 2.54. The van der Waals surface area contributed by atoms with Gasteiger partial charge in [0.15, 0.2) is 6.10 Å². The molecule has 2 aromatic carbocycles. The highest BCUT2D eigenvalue weighted by atomic mass is 79.9. The molecule has 0 aliphatic heterocycles. The van der Waals surface area contributed by atoms with Gasteiger partial charge in [-0.2, -0.15) is 0 Å². The van der Waals surface area contributed by atoms with Crippen molar-refractivity contribution in [2.45, 2.75) is 20.0 Å². The first-order valence-corrected chi connectivity index (χ1v) is 7.87. The van der Waals surface area contributed by atoms with Crippen molar-refractivity contribution in [3.63, 3.8) is 0 Å². The van der Waals surface area contributed by atoms with Gasteiger partial charge in [-0.05, 0) is 38.1 Å². The highest BCUT2D eigenvalue weighted by Gasteiger charge is 2.22. The van der Waals surface area contributed by atoms with E-state index in [1.54, 1.807) is 43.3 Å². The SMILES string of the molecule is COc1ccc(C)cc1C(=O)O[C@@H](C)C(=O)c1ccc(Br)cc1. The number of methoxy groups -OCH3 is 1. The second-order valence-electron chi connectivity index (χ2n) is 5.12. The van der Waals surface area contributed by atoms with Gasteiger partial charge in [0.1, 0.15) is 11.3 Å². The number of aryl methyl sites for hydroxylation is 1. The zero-order chi connectivity index (χ0) is 17.0. The van der Waals surface area contributed by atoms with E-state index in [9.17, 15) is 9.59 Å². The molecular weight excluding hydrogens is 360 g/mol. The van der Waals surface area contributed by atoms with E-state index in [4.69, 9.17) is 9.47 Å². The minimum absolute atomic E-state index is 0.252. The number of benzene rings is 2. The lowest BCUT2D eigenvalue weighted by Gasteiger charge is -2.14. The normalized spacial score (nSPS) is 11.7. The standard InChI is InChI=1S/C18H17BrO4/c1-11-4-9-16(22-3)15(10-11)18(21)23-12(2)17(20)13-5-7-14(19)8-6-13/h4-10,12H,1-3H3/t12-/m0/s1. The molecule has 0 aliphatic rings. The van der Waals surface area contributed by atoms with E-state index in [-0.39, 0.29) is 5.78 Å². The second-order valence-corrected chi connectivity index (χ2v) is 6.04. The van der Waals surface area contributed by atoms with Crippen molar-refractivity contribution in [2.75, 3.05) is 7.11 Å². The van der Waals surface area contributed by atoms with Crippen LogP contribution in [0.15, 0.2) is 46.9 Å². The van der Waals surface area contributed by atoms with E-state index >= 15 is 0 Å². The third-order valence-corrected chi connectivity index (χ3v) is 3.89. The first-order chi connectivity index (χ1) is 10.9. The van der Waals surface area contributed by atoms with Gasteiger partial charge in [-0.3, -0.25) is 4.79 Å². The third kappa shape index (κ3) is 4.20. The fraction of sp³-hybridized carbons (Fsp3) is 0.222. The zero-order valence-electron chi connectivity index (χ0n) is 13.1. The first-order valence-electron chi connectivity index (χ1n) is 7.07. The van der Waals surface area contributed by atoms with Crippen molar-refractivity contribution in [3.8, 4) is 5.75 Å². The molecular formula is C18H17BrO4.